The van der Waals surface area contributed by atoms with Crippen molar-refractivity contribution >= 4 is 5.91 Å². The number of hydrogen-bond acceptors (Lipinski definition) is 1. The summed E-state index contributed by atoms with van der Waals surface area (Å²) in [5, 5.41) is 0. The zero-order valence-corrected chi connectivity index (χ0v) is 10.9. The first-order chi connectivity index (χ1) is 7.41. The quantitative estimate of drug-likeness (QED) is 0.765. The average molecular weight is 219 g/mol. The third-order valence-corrected chi connectivity index (χ3v) is 2.60. The Kier molecular flexibility index (Phi) is 4.11. The Balaban J connectivity index is 2.88. The molecular formula is C14H21NO. The van der Waals surface area contributed by atoms with Gasteiger partial charge in [-0.25, -0.2) is 0 Å². The van der Waals surface area contributed by atoms with Crippen LogP contribution in [0.3, 0.4) is 0 Å². The van der Waals surface area contributed by atoms with Crippen molar-refractivity contribution in [3.63, 3.8) is 0 Å². The normalized spacial score (nSPS) is 10.6. The molecule has 0 atom stereocenters. The predicted octanol–water partition coefficient (Wildman–Crippen LogP) is 3.03. The van der Waals surface area contributed by atoms with Crippen molar-refractivity contribution in [2.75, 3.05) is 13.6 Å². The second-order valence-corrected chi connectivity index (χ2v) is 4.90. The highest BCUT2D eigenvalue weighted by Crippen LogP contribution is 2.13. The molecule has 0 unspecified atom stereocenters. The van der Waals surface area contributed by atoms with Gasteiger partial charge in [0.25, 0.3) is 5.91 Å². The van der Waals surface area contributed by atoms with E-state index in [0.29, 0.717) is 5.92 Å². The van der Waals surface area contributed by atoms with Crippen LogP contribution >= 0.6 is 0 Å². The monoisotopic (exact) mass is 219 g/mol. The van der Waals surface area contributed by atoms with Crippen LogP contribution in [0.1, 0.15) is 35.3 Å². The highest BCUT2D eigenvalue weighted by atomic mass is 16.2. The van der Waals surface area contributed by atoms with Gasteiger partial charge in [0.1, 0.15) is 0 Å². The molecule has 1 aromatic rings. The van der Waals surface area contributed by atoms with Gasteiger partial charge in [-0.15, -0.1) is 0 Å². The second kappa shape index (κ2) is 5.15. The molecule has 0 aliphatic carbocycles. The molecule has 1 aromatic carbocycles. The maximum Gasteiger partial charge on any atom is 0.253 e. The summed E-state index contributed by atoms with van der Waals surface area (Å²) in [4.78, 5) is 13.9. The van der Waals surface area contributed by atoms with Gasteiger partial charge in [0, 0.05) is 19.2 Å². The second-order valence-electron chi connectivity index (χ2n) is 4.90. The van der Waals surface area contributed by atoms with Crippen LogP contribution in [-0.4, -0.2) is 24.4 Å². The molecule has 0 aliphatic heterocycles. The van der Waals surface area contributed by atoms with E-state index in [-0.39, 0.29) is 5.91 Å². The summed E-state index contributed by atoms with van der Waals surface area (Å²) >= 11 is 0. The van der Waals surface area contributed by atoms with Gasteiger partial charge in [0.2, 0.25) is 0 Å². The van der Waals surface area contributed by atoms with Crippen molar-refractivity contribution in [1.29, 1.82) is 0 Å². The Labute approximate surface area is 98.3 Å². The summed E-state index contributed by atoms with van der Waals surface area (Å²) in [5.41, 5.74) is 3.06. The molecule has 0 saturated heterocycles. The molecule has 2 nitrogen and oxygen atoms in total. The Hall–Kier alpha value is -1.31. The summed E-state index contributed by atoms with van der Waals surface area (Å²) in [6, 6.07) is 5.96. The molecular weight excluding hydrogens is 198 g/mol. The van der Waals surface area contributed by atoms with E-state index < -0.39 is 0 Å². The Morgan fingerprint density at radius 3 is 2.44 bits per heavy atom. The first-order valence-corrected chi connectivity index (χ1v) is 5.74. The average Bonchev–Trinajstić information content (AvgIpc) is 2.15. The largest absolute Gasteiger partial charge is 0.341 e. The number of carbonyl (C=O) groups is 1. The Morgan fingerprint density at radius 1 is 1.31 bits per heavy atom. The summed E-state index contributed by atoms with van der Waals surface area (Å²) in [5.74, 6) is 0.617. The fourth-order valence-corrected chi connectivity index (χ4v) is 1.89. The van der Waals surface area contributed by atoms with E-state index in [4.69, 9.17) is 0 Å². The van der Waals surface area contributed by atoms with E-state index in [9.17, 15) is 4.79 Å². The van der Waals surface area contributed by atoms with Crippen LogP contribution in [0.4, 0.5) is 0 Å². The Morgan fingerprint density at radius 2 is 1.94 bits per heavy atom. The standard InChI is InChI=1S/C14H21NO/c1-10(2)9-15(5)14(16)13-7-6-11(3)8-12(13)4/h6-8,10H,9H2,1-5H3. The highest BCUT2D eigenvalue weighted by Gasteiger charge is 2.14. The van der Waals surface area contributed by atoms with Crippen LogP contribution in [0.2, 0.25) is 0 Å². The van der Waals surface area contributed by atoms with Crippen LogP contribution in [0, 0.1) is 19.8 Å². The van der Waals surface area contributed by atoms with Gasteiger partial charge in [0.05, 0.1) is 0 Å². The third kappa shape index (κ3) is 3.09. The number of aryl methyl sites for hydroxylation is 2. The van der Waals surface area contributed by atoms with Crippen LogP contribution in [0.15, 0.2) is 18.2 Å². The molecule has 2 heteroatoms. The smallest absolute Gasteiger partial charge is 0.253 e. The minimum Gasteiger partial charge on any atom is -0.341 e. The first-order valence-electron chi connectivity index (χ1n) is 5.74. The van der Waals surface area contributed by atoms with Crippen molar-refractivity contribution in [2.45, 2.75) is 27.7 Å². The molecule has 0 N–H and O–H groups in total. The molecule has 0 fully saturated rings. The van der Waals surface area contributed by atoms with E-state index in [0.717, 1.165) is 17.7 Å². The lowest BCUT2D eigenvalue weighted by Gasteiger charge is -2.20. The molecule has 0 saturated carbocycles. The lowest BCUT2D eigenvalue weighted by molar-refractivity contribution is 0.0778. The van der Waals surface area contributed by atoms with Crippen molar-refractivity contribution in [1.82, 2.24) is 4.90 Å². The SMILES string of the molecule is Cc1ccc(C(=O)N(C)CC(C)C)c(C)c1. The highest BCUT2D eigenvalue weighted by molar-refractivity contribution is 5.95. The van der Waals surface area contributed by atoms with Gasteiger partial charge in [-0.1, -0.05) is 31.5 Å². The lowest BCUT2D eigenvalue weighted by Crippen LogP contribution is -2.30. The molecule has 0 aliphatic rings. The topological polar surface area (TPSA) is 20.3 Å². The molecule has 0 aromatic heterocycles. The lowest BCUT2D eigenvalue weighted by atomic mass is 10.0. The summed E-state index contributed by atoms with van der Waals surface area (Å²) in [6.45, 7) is 9.06. The zero-order valence-electron chi connectivity index (χ0n) is 10.9. The molecule has 88 valence electrons. The van der Waals surface area contributed by atoms with E-state index >= 15 is 0 Å². The minimum absolute atomic E-state index is 0.117. The van der Waals surface area contributed by atoms with Gasteiger partial charge < -0.3 is 4.90 Å². The van der Waals surface area contributed by atoms with Gasteiger partial charge in [-0.2, -0.15) is 0 Å². The van der Waals surface area contributed by atoms with Crippen molar-refractivity contribution in [2.24, 2.45) is 5.92 Å². The third-order valence-electron chi connectivity index (χ3n) is 2.60. The number of nitrogens with zero attached hydrogens (tertiary/aromatic N) is 1. The van der Waals surface area contributed by atoms with Crippen molar-refractivity contribution < 1.29 is 4.79 Å². The zero-order chi connectivity index (χ0) is 12.3. The van der Waals surface area contributed by atoms with Gasteiger partial charge >= 0.3 is 0 Å². The number of benzene rings is 1. The molecule has 1 rings (SSSR count). The number of rotatable bonds is 3. The maximum absolute atomic E-state index is 12.1. The number of carbonyl (C=O) groups excluding carboxylic acids is 1. The van der Waals surface area contributed by atoms with Crippen LogP contribution in [0.5, 0.6) is 0 Å². The maximum atomic E-state index is 12.1. The van der Waals surface area contributed by atoms with E-state index in [1.807, 2.05) is 33.0 Å². The first kappa shape index (κ1) is 12.8. The molecule has 0 radical (unpaired) electrons. The molecule has 0 heterocycles. The number of hydrogen-bond donors (Lipinski definition) is 0. The Bertz CT molecular complexity index is 382. The van der Waals surface area contributed by atoms with Gasteiger partial charge in [-0.3, -0.25) is 4.79 Å². The van der Waals surface area contributed by atoms with Crippen LogP contribution < -0.4 is 0 Å². The predicted molar refractivity (Wildman–Crippen MR) is 67.7 cm³/mol. The molecule has 0 spiro atoms. The fraction of sp³-hybridized carbons (Fsp3) is 0.500. The van der Waals surface area contributed by atoms with E-state index in [1.165, 1.54) is 5.56 Å². The van der Waals surface area contributed by atoms with Gasteiger partial charge in [-0.05, 0) is 31.4 Å². The van der Waals surface area contributed by atoms with Crippen molar-refractivity contribution in [3.8, 4) is 0 Å². The number of amides is 1. The van der Waals surface area contributed by atoms with E-state index in [2.05, 4.69) is 19.9 Å². The van der Waals surface area contributed by atoms with Crippen LogP contribution in [0.25, 0.3) is 0 Å². The molecule has 1 amide bonds. The summed E-state index contributed by atoms with van der Waals surface area (Å²) in [6.07, 6.45) is 0. The summed E-state index contributed by atoms with van der Waals surface area (Å²) in [7, 11) is 1.86. The fourth-order valence-electron chi connectivity index (χ4n) is 1.89. The summed E-state index contributed by atoms with van der Waals surface area (Å²) < 4.78 is 0. The minimum atomic E-state index is 0.117. The van der Waals surface area contributed by atoms with Gasteiger partial charge in [0.15, 0.2) is 0 Å². The van der Waals surface area contributed by atoms with E-state index in [1.54, 1.807) is 4.90 Å². The molecule has 16 heavy (non-hydrogen) atoms. The molecule has 0 bridgehead atoms. The van der Waals surface area contributed by atoms with Crippen LogP contribution in [-0.2, 0) is 0 Å². The van der Waals surface area contributed by atoms with Crippen molar-refractivity contribution in [3.05, 3.63) is 34.9 Å².